The van der Waals surface area contributed by atoms with Gasteiger partial charge in [-0.25, -0.2) is 0 Å². The summed E-state index contributed by atoms with van der Waals surface area (Å²) in [5.41, 5.74) is 19.7. The van der Waals surface area contributed by atoms with Gasteiger partial charge in [-0.1, -0.05) is 243 Å². The first kappa shape index (κ1) is 40.0. The minimum Gasteiger partial charge on any atom is -0.310 e. The monoisotopic (exact) mass is 883 g/mol. The molecule has 0 saturated heterocycles. The Morgan fingerprint density at radius 2 is 0.735 bits per heavy atom. The fourth-order valence-corrected chi connectivity index (χ4v) is 13.2. The van der Waals surface area contributed by atoms with Gasteiger partial charge in [0.05, 0.1) is 16.5 Å². The van der Waals surface area contributed by atoms with Crippen LogP contribution >= 0.6 is 11.3 Å². The Bertz CT molecular complexity index is 3510. The molecule has 0 amide bonds. The third-order valence-electron chi connectivity index (χ3n) is 14.4. The van der Waals surface area contributed by atoms with E-state index in [1.54, 1.807) is 0 Å². The number of nitrogens with zero attached hydrogens (tertiary/aromatic N) is 1. The SMILES string of the molecule is c1ccc(-c2sc(-c3ccccc3)c3c2-c2cccc(N(c4ccccc4)c4ccc5c(c4)C(c4ccccc4)(c4ccccc4)c4ccccc4-5)c2C3(c2ccccc2)c2ccccc2)cc1. The summed E-state index contributed by atoms with van der Waals surface area (Å²) in [6.45, 7) is 0. The first-order valence-corrected chi connectivity index (χ1v) is 24.3. The van der Waals surface area contributed by atoms with E-state index in [0.717, 1.165) is 17.1 Å². The summed E-state index contributed by atoms with van der Waals surface area (Å²) in [6, 6.07) is 101. The molecule has 1 aromatic heterocycles. The summed E-state index contributed by atoms with van der Waals surface area (Å²) in [5, 5.41) is 0. The number of hydrogen-bond acceptors (Lipinski definition) is 2. The second kappa shape index (κ2) is 16.2. The molecule has 2 heteroatoms. The third kappa shape index (κ3) is 5.87. The highest BCUT2D eigenvalue weighted by Crippen LogP contribution is 2.67. The summed E-state index contributed by atoms with van der Waals surface area (Å²) in [7, 11) is 0. The molecule has 0 spiro atoms. The van der Waals surface area contributed by atoms with Gasteiger partial charge in [0.2, 0.25) is 0 Å². The quantitative estimate of drug-likeness (QED) is 0.140. The molecule has 1 nitrogen and oxygen atoms in total. The average Bonchev–Trinajstić information content (AvgIpc) is 4.07. The second-order valence-corrected chi connectivity index (χ2v) is 18.9. The van der Waals surface area contributed by atoms with Crippen molar-refractivity contribution in [3.8, 4) is 43.1 Å². The molecule has 10 aromatic carbocycles. The normalized spacial score (nSPS) is 13.5. The molecule has 320 valence electrons. The Labute approximate surface area is 402 Å². The van der Waals surface area contributed by atoms with E-state index in [9.17, 15) is 0 Å². The lowest BCUT2D eigenvalue weighted by atomic mass is 9.66. The smallest absolute Gasteiger partial charge is 0.0748 e. The highest BCUT2D eigenvalue weighted by Gasteiger charge is 2.52. The van der Waals surface area contributed by atoms with Crippen LogP contribution in [0.3, 0.4) is 0 Å². The topological polar surface area (TPSA) is 3.24 Å². The zero-order chi connectivity index (χ0) is 45.1. The molecule has 1 heterocycles. The van der Waals surface area contributed by atoms with Gasteiger partial charge in [-0.15, -0.1) is 11.3 Å². The van der Waals surface area contributed by atoms with Gasteiger partial charge in [0.1, 0.15) is 0 Å². The van der Waals surface area contributed by atoms with E-state index in [0.29, 0.717) is 0 Å². The maximum atomic E-state index is 2.54. The van der Waals surface area contributed by atoms with Gasteiger partial charge in [-0.2, -0.15) is 0 Å². The Kier molecular flexibility index (Phi) is 9.56. The molecule has 0 bridgehead atoms. The van der Waals surface area contributed by atoms with Crippen LogP contribution in [0, 0.1) is 0 Å². The minimum absolute atomic E-state index is 0.553. The largest absolute Gasteiger partial charge is 0.310 e. The molecule has 0 saturated carbocycles. The minimum atomic E-state index is -0.712. The van der Waals surface area contributed by atoms with E-state index in [4.69, 9.17) is 0 Å². The van der Waals surface area contributed by atoms with Crippen molar-refractivity contribution < 1.29 is 0 Å². The van der Waals surface area contributed by atoms with E-state index in [1.165, 1.54) is 87.6 Å². The van der Waals surface area contributed by atoms with Gasteiger partial charge in [-0.05, 0) is 97.1 Å². The van der Waals surface area contributed by atoms with Gasteiger partial charge in [0.25, 0.3) is 0 Å². The molecule has 2 aliphatic rings. The summed E-state index contributed by atoms with van der Waals surface area (Å²) in [5.74, 6) is 0. The number of anilines is 3. The zero-order valence-corrected chi connectivity index (χ0v) is 38.2. The van der Waals surface area contributed by atoms with Crippen LogP contribution in [0.2, 0.25) is 0 Å². The Hall–Kier alpha value is -8.30. The number of para-hydroxylation sites is 1. The molecule has 13 rings (SSSR count). The first-order chi connectivity index (χ1) is 33.8. The van der Waals surface area contributed by atoms with Crippen molar-refractivity contribution in [1.82, 2.24) is 0 Å². The molecule has 0 atom stereocenters. The molecule has 0 unspecified atom stereocenters. The summed E-state index contributed by atoms with van der Waals surface area (Å²) in [4.78, 5) is 5.11. The van der Waals surface area contributed by atoms with Crippen molar-refractivity contribution >= 4 is 28.4 Å². The lowest BCUT2D eigenvalue weighted by Crippen LogP contribution is -2.31. The Morgan fingerprint density at radius 3 is 1.29 bits per heavy atom. The fourth-order valence-electron chi connectivity index (χ4n) is 11.8. The summed E-state index contributed by atoms with van der Waals surface area (Å²) < 4.78 is 0. The zero-order valence-electron chi connectivity index (χ0n) is 37.3. The molecular formula is C66H45NS. The maximum Gasteiger partial charge on any atom is 0.0748 e. The van der Waals surface area contributed by atoms with E-state index >= 15 is 0 Å². The number of rotatable bonds is 9. The maximum absolute atomic E-state index is 2.54. The predicted octanol–water partition coefficient (Wildman–Crippen LogP) is 17.3. The Morgan fingerprint density at radius 1 is 0.294 bits per heavy atom. The van der Waals surface area contributed by atoms with E-state index in [1.807, 2.05) is 11.3 Å². The van der Waals surface area contributed by atoms with Crippen LogP contribution < -0.4 is 4.90 Å². The van der Waals surface area contributed by atoms with E-state index < -0.39 is 10.8 Å². The highest BCUT2D eigenvalue weighted by atomic mass is 32.1. The third-order valence-corrected chi connectivity index (χ3v) is 15.7. The second-order valence-electron chi connectivity index (χ2n) is 17.9. The van der Waals surface area contributed by atoms with Crippen LogP contribution in [-0.4, -0.2) is 0 Å². The van der Waals surface area contributed by atoms with Crippen LogP contribution in [-0.2, 0) is 10.8 Å². The lowest BCUT2D eigenvalue weighted by molar-refractivity contribution is 0.767. The first-order valence-electron chi connectivity index (χ1n) is 23.5. The molecule has 0 radical (unpaired) electrons. The molecule has 0 aliphatic heterocycles. The van der Waals surface area contributed by atoms with Crippen LogP contribution in [0.25, 0.3) is 43.1 Å². The van der Waals surface area contributed by atoms with E-state index in [-0.39, 0.29) is 0 Å². The van der Waals surface area contributed by atoms with Crippen LogP contribution in [0.15, 0.2) is 273 Å². The highest BCUT2D eigenvalue weighted by molar-refractivity contribution is 7.19. The van der Waals surface area contributed by atoms with Crippen molar-refractivity contribution in [2.24, 2.45) is 0 Å². The van der Waals surface area contributed by atoms with E-state index in [2.05, 4.69) is 278 Å². The molecule has 0 fully saturated rings. The van der Waals surface area contributed by atoms with Crippen molar-refractivity contribution in [2.45, 2.75) is 10.8 Å². The van der Waals surface area contributed by atoms with Crippen molar-refractivity contribution in [1.29, 1.82) is 0 Å². The molecule has 68 heavy (non-hydrogen) atoms. The molecule has 2 aliphatic carbocycles. The van der Waals surface area contributed by atoms with Crippen molar-refractivity contribution in [3.63, 3.8) is 0 Å². The van der Waals surface area contributed by atoms with Gasteiger partial charge < -0.3 is 4.90 Å². The number of hydrogen-bond donors (Lipinski definition) is 0. The van der Waals surface area contributed by atoms with Crippen molar-refractivity contribution in [2.75, 3.05) is 4.90 Å². The van der Waals surface area contributed by atoms with Gasteiger partial charge in [-0.3, -0.25) is 0 Å². The van der Waals surface area contributed by atoms with Crippen LogP contribution in [0.4, 0.5) is 17.1 Å². The predicted molar refractivity (Wildman–Crippen MR) is 284 cm³/mol. The van der Waals surface area contributed by atoms with Gasteiger partial charge in [0, 0.05) is 32.3 Å². The summed E-state index contributed by atoms with van der Waals surface area (Å²) in [6.07, 6.45) is 0. The number of fused-ring (bicyclic) bond motifs is 6. The van der Waals surface area contributed by atoms with Gasteiger partial charge in [0.15, 0.2) is 0 Å². The van der Waals surface area contributed by atoms with Crippen molar-refractivity contribution in [3.05, 3.63) is 317 Å². The van der Waals surface area contributed by atoms with Crippen LogP contribution in [0.1, 0.15) is 44.5 Å². The lowest BCUT2D eigenvalue weighted by Gasteiger charge is -2.38. The number of thiophene rings is 1. The standard InChI is InChI=1S/C66H45NS/c1-8-25-46(26-9-1)63-60-56-40-24-42-59(61(56)66(50-33-16-5-17-34-50,51-35-18-6-19-36-51)62(60)64(68-63)47-27-10-2-11-28-47)67(52-37-20-7-21-38-52)53-43-44-55-54-39-22-23-41-57(54)65(58(55)45-53,48-29-12-3-13-30-48)49-31-14-4-15-32-49/h1-45H. The number of benzene rings is 10. The molecular weight excluding hydrogens is 839 g/mol. The van der Waals surface area contributed by atoms with Gasteiger partial charge >= 0.3 is 0 Å². The fraction of sp³-hybridized carbons (Fsp3) is 0.0303. The summed E-state index contributed by atoms with van der Waals surface area (Å²) >= 11 is 1.92. The molecule has 11 aromatic rings. The molecule has 0 N–H and O–H groups in total. The average molecular weight is 884 g/mol. The Balaban J connectivity index is 1.16. The van der Waals surface area contributed by atoms with Crippen LogP contribution in [0.5, 0.6) is 0 Å².